The quantitative estimate of drug-likeness (QED) is 0.463. The molecule has 0 bridgehead atoms. The van der Waals surface area contributed by atoms with Crippen molar-refractivity contribution in [3.63, 3.8) is 0 Å². The van der Waals surface area contributed by atoms with Crippen molar-refractivity contribution in [2.45, 2.75) is 6.16 Å². The average Bonchev–Trinajstić information content (AvgIpc) is 3.04. The average molecular weight is 393 g/mol. The Bertz CT molecular complexity index is 918. The van der Waals surface area contributed by atoms with Crippen LogP contribution in [0.3, 0.4) is 0 Å². The first-order chi connectivity index (χ1) is 13.2. The van der Waals surface area contributed by atoms with Crippen LogP contribution in [0.25, 0.3) is 0 Å². The van der Waals surface area contributed by atoms with Gasteiger partial charge in [-0.25, -0.2) is 0 Å². The minimum atomic E-state index is -2.30. The molecule has 0 amide bonds. The van der Waals surface area contributed by atoms with E-state index in [0.29, 0.717) is 5.15 Å². The van der Waals surface area contributed by atoms with E-state index in [1.165, 1.54) is 15.9 Å². The molecule has 0 atom stereocenters. The number of hydrogen-bond donors (Lipinski definition) is 0. The molecule has 4 rings (SSSR count). The molecule has 0 N–H and O–H groups in total. The van der Waals surface area contributed by atoms with Gasteiger partial charge in [0.2, 0.25) is 0 Å². The number of rotatable bonds is 5. The molecular weight excluding hydrogens is 371 g/mol. The van der Waals surface area contributed by atoms with E-state index in [2.05, 4.69) is 96.1 Å². The maximum absolute atomic E-state index is 6.22. The molecule has 4 heteroatoms. The van der Waals surface area contributed by atoms with Crippen LogP contribution in [0, 0.1) is 0 Å². The van der Waals surface area contributed by atoms with E-state index in [-0.39, 0.29) is 0 Å². The Labute approximate surface area is 165 Å². The van der Waals surface area contributed by atoms with Crippen molar-refractivity contribution in [1.29, 1.82) is 0 Å². The van der Waals surface area contributed by atoms with Gasteiger partial charge in [0, 0.05) is 0 Å². The first-order valence-corrected chi connectivity index (χ1v) is 11.6. The van der Waals surface area contributed by atoms with E-state index in [0.717, 1.165) is 11.9 Å². The van der Waals surface area contributed by atoms with Gasteiger partial charge >= 0.3 is 166 Å². The van der Waals surface area contributed by atoms with Crippen molar-refractivity contribution in [2.75, 3.05) is 0 Å². The molecule has 1 aromatic heterocycles. The second kappa shape index (κ2) is 7.68. The predicted molar refractivity (Wildman–Crippen MR) is 118 cm³/mol. The van der Waals surface area contributed by atoms with E-state index < -0.39 is 7.26 Å². The molecule has 2 nitrogen and oxygen atoms in total. The zero-order chi connectivity index (χ0) is 18.7. The molecule has 0 aliphatic carbocycles. The summed E-state index contributed by atoms with van der Waals surface area (Å²) in [5, 5.41) is 9.09. The van der Waals surface area contributed by atoms with Crippen LogP contribution in [0.5, 0.6) is 0 Å². The molecule has 0 saturated carbocycles. The van der Waals surface area contributed by atoms with Crippen LogP contribution in [0.2, 0.25) is 5.15 Å². The predicted octanol–water partition coefficient (Wildman–Crippen LogP) is 4.30. The Morgan fingerprint density at radius 3 is 1.48 bits per heavy atom. The number of aryl methyl sites for hydroxylation is 1. The maximum atomic E-state index is 6.22. The summed E-state index contributed by atoms with van der Waals surface area (Å²) >= 11 is 6.22. The number of benzene rings is 3. The molecule has 27 heavy (non-hydrogen) atoms. The van der Waals surface area contributed by atoms with E-state index in [1.807, 2.05) is 17.8 Å². The van der Waals surface area contributed by atoms with Gasteiger partial charge in [-0.3, -0.25) is 0 Å². The summed E-state index contributed by atoms with van der Waals surface area (Å²) in [5.41, 5.74) is 1.16. The van der Waals surface area contributed by atoms with E-state index >= 15 is 0 Å². The number of halogens is 1. The van der Waals surface area contributed by atoms with Crippen LogP contribution in [0.15, 0.2) is 97.1 Å². The molecule has 0 spiro atoms. The molecule has 0 aliphatic heterocycles. The second-order valence-corrected chi connectivity index (χ2v) is 11.0. The molecule has 0 saturated heterocycles. The van der Waals surface area contributed by atoms with Crippen molar-refractivity contribution in [1.82, 2.24) is 9.78 Å². The van der Waals surface area contributed by atoms with Gasteiger partial charge in [-0.1, -0.05) is 0 Å². The number of nitrogens with zero attached hydrogens (tertiary/aromatic N) is 2. The molecule has 136 valence electrons. The van der Waals surface area contributed by atoms with Gasteiger partial charge < -0.3 is 0 Å². The first kappa shape index (κ1) is 18.0. The summed E-state index contributed by atoms with van der Waals surface area (Å²) in [4.78, 5) is 0. The Hall–Kier alpha value is -2.41. The van der Waals surface area contributed by atoms with Gasteiger partial charge in [0.15, 0.2) is 0 Å². The van der Waals surface area contributed by atoms with Gasteiger partial charge in [0.1, 0.15) is 0 Å². The molecule has 4 aromatic rings. The van der Waals surface area contributed by atoms with Crippen LogP contribution < -0.4 is 15.9 Å². The Balaban J connectivity index is 2.01. The van der Waals surface area contributed by atoms with Gasteiger partial charge in [-0.05, 0) is 0 Å². The van der Waals surface area contributed by atoms with Gasteiger partial charge in [-0.2, -0.15) is 0 Å². The van der Waals surface area contributed by atoms with E-state index in [9.17, 15) is 0 Å². The topological polar surface area (TPSA) is 17.8 Å². The van der Waals surface area contributed by atoms with Crippen molar-refractivity contribution in [3.8, 4) is 0 Å². The summed E-state index contributed by atoms with van der Waals surface area (Å²) in [5.74, 6) is 0. The van der Waals surface area contributed by atoms with Crippen molar-refractivity contribution in [3.05, 3.63) is 108 Å². The third-order valence-corrected chi connectivity index (χ3v) is 10.2. The molecule has 0 unspecified atom stereocenters. The molecule has 0 aliphatic rings. The van der Waals surface area contributed by atoms with E-state index in [4.69, 9.17) is 11.6 Å². The Morgan fingerprint density at radius 1 is 0.741 bits per heavy atom. The summed E-state index contributed by atoms with van der Waals surface area (Å²) < 4.78 is 1.92. The Morgan fingerprint density at radius 2 is 1.15 bits per heavy atom. The molecule has 3 aromatic carbocycles. The summed E-state index contributed by atoms with van der Waals surface area (Å²) in [7, 11) is -0.329. The zero-order valence-electron chi connectivity index (χ0n) is 15.2. The summed E-state index contributed by atoms with van der Waals surface area (Å²) in [6.07, 6.45) is 0.904. The number of aromatic nitrogens is 2. The monoisotopic (exact) mass is 392 g/mol. The van der Waals surface area contributed by atoms with Crippen LogP contribution in [-0.2, 0) is 13.2 Å². The normalized spacial score (nSPS) is 12.1. The fourth-order valence-corrected chi connectivity index (χ4v) is 8.89. The van der Waals surface area contributed by atoms with Crippen LogP contribution in [0.1, 0.15) is 5.69 Å². The fraction of sp³-hybridized carbons (Fsp3) is 0.0870. The molecule has 1 heterocycles. The zero-order valence-corrected chi connectivity index (χ0v) is 17.0. The van der Waals surface area contributed by atoms with Gasteiger partial charge in [-0.15, -0.1) is 0 Å². The Kier molecular flexibility index (Phi) is 5.11. The van der Waals surface area contributed by atoms with Crippen molar-refractivity contribution >= 4 is 34.8 Å². The standard InChI is InChI=1S/C23H22ClN2P/c1-26-19(17-23(24)25-26)18-27(20-11-5-2-6-12-20,21-13-7-3-8-14-21)22-15-9-4-10-16-22/h2-17,27H,18H2,1H3. The minimum absolute atomic E-state index is 0.546. The second-order valence-electron chi connectivity index (χ2n) is 6.76. The first-order valence-electron chi connectivity index (χ1n) is 9.05. The molecule has 0 radical (unpaired) electrons. The van der Waals surface area contributed by atoms with Gasteiger partial charge in [0.05, 0.1) is 0 Å². The summed E-state index contributed by atoms with van der Waals surface area (Å²) in [6.45, 7) is 0. The molecule has 0 fully saturated rings. The number of hydrogen-bond acceptors (Lipinski definition) is 1. The molecular formula is C23H22ClN2P. The van der Waals surface area contributed by atoms with Gasteiger partial charge in [0.25, 0.3) is 0 Å². The summed E-state index contributed by atoms with van der Waals surface area (Å²) in [6, 6.07) is 34.7. The SMILES string of the molecule is Cn1nc(Cl)cc1C[PH](c1ccccc1)(c1ccccc1)c1ccccc1. The fourth-order valence-electron chi connectivity index (χ4n) is 3.88. The van der Waals surface area contributed by atoms with Crippen LogP contribution in [0.4, 0.5) is 0 Å². The van der Waals surface area contributed by atoms with Crippen LogP contribution in [-0.4, -0.2) is 9.78 Å². The van der Waals surface area contributed by atoms with Crippen molar-refractivity contribution < 1.29 is 0 Å². The third-order valence-electron chi connectivity index (χ3n) is 5.19. The van der Waals surface area contributed by atoms with Crippen molar-refractivity contribution in [2.24, 2.45) is 7.05 Å². The van der Waals surface area contributed by atoms with Crippen LogP contribution >= 0.6 is 18.9 Å². The third kappa shape index (κ3) is 3.43. The van der Waals surface area contributed by atoms with E-state index in [1.54, 1.807) is 0 Å².